The van der Waals surface area contributed by atoms with E-state index in [1.807, 2.05) is 0 Å². The van der Waals surface area contributed by atoms with Crippen LogP contribution in [0.4, 0.5) is 4.79 Å². The molecule has 0 saturated carbocycles. The summed E-state index contributed by atoms with van der Waals surface area (Å²) in [6, 6.07) is 0. The number of hydrogen-bond donors (Lipinski definition) is 1. The molecule has 12 heavy (non-hydrogen) atoms. The van der Waals surface area contributed by atoms with Gasteiger partial charge < -0.3 is 9.84 Å². The van der Waals surface area contributed by atoms with E-state index in [-0.39, 0.29) is 6.61 Å². The third kappa shape index (κ3) is 5.22. The second-order valence-corrected chi connectivity index (χ2v) is 1.88. The topological polar surface area (TPSA) is 58.9 Å². The van der Waals surface area contributed by atoms with Gasteiger partial charge in [0.15, 0.2) is 0 Å². The first-order valence-corrected chi connectivity index (χ1v) is 3.35. The Kier molecular flexibility index (Phi) is 5.34. The van der Waals surface area contributed by atoms with Crippen molar-refractivity contribution in [3.63, 3.8) is 0 Å². The highest BCUT2D eigenvalue weighted by Gasteiger charge is 1.97. The van der Waals surface area contributed by atoms with E-state index in [9.17, 15) is 4.79 Å². The van der Waals surface area contributed by atoms with E-state index in [1.165, 1.54) is 12.4 Å². The lowest BCUT2D eigenvalue weighted by atomic mass is 10.3. The highest BCUT2D eigenvalue weighted by Crippen LogP contribution is 1.92. The van der Waals surface area contributed by atoms with Crippen LogP contribution in [0.15, 0.2) is 29.4 Å². The van der Waals surface area contributed by atoms with Crippen LogP contribution in [-0.2, 0) is 4.74 Å². The maximum atomic E-state index is 9.98. The summed E-state index contributed by atoms with van der Waals surface area (Å²) in [4.78, 5) is 13.7. The molecule has 0 aromatic rings. The molecule has 0 fully saturated rings. The van der Waals surface area contributed by atoms with Crippen molar-refractivity contribution in [2.75, 3.05) is 6.61 Å². The molecule has 0 radical (unpaired) electrons. The van der Waals surface area contributed by atoms with Gasteiger partial charge in [0.1, 0.15) is 6.61 Å². The number of rotatable bonds is 4. The molecule has 1 N–H and O–H groups in total. The van der Waals surface area contributed by atoms with Gasteiger partial charge in [-0.05, 0) is 6.92 Å². The largest absolute Gasteiger partial charge is 0.506 e. The molecule has 0 aromatic heterocycles. The summed E-state index contributed by atoms with van der Waals surface area (Å²) in [6.07, 6.45) is 3.29. The van der Waals surface area contributed by atoms with Gasteiger partial charge in [0, 0.05) is 18.0 Å². The molecule has 0 rings (SSSR count). The number of hydrogen-bond acceptors (Lipinski definition) is 3. The number of carboxylic acid groups (broad SMARTS) is 1. The summed E-state index contributed by atoms with van der Waals surface area (Å²) in [5.41, 5.74) is 0.692. The molecule has 0 aromatic carbocycles. The van der Waals surface area contributed by atoms with Crippen molar-refractivity contribution >= 4 is 12.4 Å². The monoisotopic (exact) mass is 169 g/mol. The first kappa shape index (κ1) is 10.4. The van der Waals surface area contributed by atoms with Gasteiger partial charge in [0.25, 0.3) is 0 Å². The Balaban J connectivity index is 3.93. The highest BCUT2D eigenvalue weighted by molar-refractivity contribution is 5.79. The van der Waals surface area contributed by atoms with Crippen molar-refractivity contribution in [1.29, 1.82) is 0 Å². The summed E-state index contributed by atoms with van der Waals surface area (Å²) >= 11 is 0. The van der Waals surface area contributed by atoms with Gasteiger partial charge in [-0.1, -0.05) is 12.7 Å². The van der Waals surface area contributed by atoms with E-state index >= 15 is 0 Å². The van der Waals surface area contributed by atoms with Gasteiger partial charge in [-0.3, -0.25) is 4.99 Å². The molecular formula is C8H11NO3. The summed E-state index contributed by atoms with van der Waals surface area (Å²) in [5.74, 6) is 0. The second-order valence-electron chi connectivity index (χ2n) is 1.88. The Morgan fingerprint density at radius 2 is 2.42 bits per heavy atom. The molecule has 0 aliphatic rings. The molecule has 4 heteroatoms. The van der Waals surface area contributed by atoms with Crippen molar-refractivity contribution in [3.05, 3.63) is 24.4 Å². The Morgan fingerprint density at radius 3 is 2.83 bits per heavy atom. The average molecular weight is 169 g/mol. The SMILES string of the molecule is C=CN=C/C(=C\C)COC(=O)O. The van der Waals surface area contributed by atoms with Crippen molar-refractivity contribution in [2.45, 2.75) is 6.92 Å². The first-order valence-electron chi connectivity index (χ1n) is 3.35. The molecular weight excluding hydrogens is 158 g/mol. The fraction of sp³-hybridized carbons (Fsp3) is 0.250. The third-order valence-electron chi connectivity index (χ3n) is 1.08. The minimum absolute atomic E-state index is 0.0170. The van der Waals surface area contributed by atoms with Crippen LogP contribution < -0.4 is 0 Å². The third-order valence-corrected chi connectivity index (χ3v) is 1.08. The van der Waals surface area contributed by atoms with Crippen LogP contribution in [0, 0.1) is 0 Å². The number of carbonyl (C=O) groups is 1. The fourth-order valence-electron chi connectivity index (χ4n) is 0.489. The highest BCUT2D eigenvalue weighted by atomic mass is 16.7. The lowest BCUT2D eigenvalue weighted by molar-refractivity contribution is 0.101. The molecule has 0 atom stereocenters. The second kappa shape index (κ2) is 6.15. The average Bonchev–Trinajstić information content (AvgIpc) is 2.05. The molecule has 0 saturated heterocycles. The zero-order chi connectivity index (χ0) is 9.40. The van der Waals surface area contributed by atoms with Crippen LogP contribution in [0.1, 0.15) is 6.92 Å². The lowest BCUT2D eigenvalue weighted by Crippen LogP contribution is -2.04. The molecule has 0 unspecified atom stereocenters. The maximum Gasteiger partial charge on any atom is 0.506 e. The number of ether oxygens (including phenoxy) is 1. The normalized spacial score (nSPS) is 11.6. The van der Waals surface area contributed by atoms with Crippen molar-refractivity contribution in [3.8, 4) is 0 Å². The van der Waals surface area contributed by atoms with Crippen LogP contribution in [0.5, 0.6) is 0 Å². The molecule has 0 bridgehead atoms. The van der Waals surface area contributed by atoms with E-state index < -0.39 is 6.16 Å². The lowest BCUT2D eigenvalue weighted by Gasteiger charge is -1.98. The molecule has 0 aliphatic carbocycles. The molecule has 4 nitrogen and oxygen atoms in total. The van der Waals surface area contributed by atoms with Gasteiger partial charge in [0.05, 0.1) is 0 Å². The fourth-order valence-corrected chi connectivity index (χ4v) is 0.489. The molecule has 0 aliphatic heterocycles. The number of allylic oxidation sites excluding steroid dienone is 1. The predicted octanol–water partition coefficient (Wildman–Crippen LogP) is 1.84. The van der Waals surface area contributed by atoms with Gasteiger partial charge in [-0.2, -0.15) is 0 Å². The van der Waals surface area contributed by atoms with E-state index in [2.05, 4.69) is 16.3 Å². The van der Waals surface area contributed by atoms with E-state index in [0.717, 1.165) is 0 Å². The number of aliphatic imine (C=N–C) groups is 1. The summed E-state index contributed by atoms with van der Waals surface area (Å²) in [7, 11) is 0. The van der Waals surface area contributed by atoms with Crippen molar-refractivity contribution < 1.29 is 14.6 Å². The van der Waals surface area contributed by atoms with Crippen molar-refractivity contribution in [1.82, 2.24) is 0 Å². The molecule has 0 spiro atoms. The van der Waals surface area contributed by atoms with Crippen LogP contribution in [0.2, 0.25) is 0 Å². The zero-order valence-electron chi connectivity index (χ0n) is 6.86. The standard InChI is InChI=1S/C8H11NO3/c1-3-7(5-9-4-2)6-12-8(10)11/h3-5H,2,6H2,1H3,(H,10,11)/b7-3+,9-5?. The van der Waals surface area contributed by atoms with Gasteiger partial charge in [-0.25, -0.2) is 4.79 Å². The molecule has 66 valence electrons. The van der Waals surface area contributed by atoms with E-state index in [1.54, 1.807) is 13.0 Å². The van der Waals surface area contributed by atoms with Crippen LogP contribution in [0.25, 0.3) is 0 Å². The minimum Gasteiger partial charge on any atom is -0.450 e. The summed E-state index contributed by atoms with van der Waals surface area (Å²) in [6.45, 7) is 5.17. The first-order chi connectivity index (χ1) is 5.70. The maximum absolute atomic E-state index is 9.98. The van der Waals surface area contributed by atoms with Gasteiger partial charge >= 0.3 is 6.16 Å². The van der Waals surface area contributed by atoms with Crippen LogP contribution in [0.3, 0.4) is 0 Å². The van der Waals surface area contributed by atoms with Gasteiger partial charge in [-0.15, -0.1) is 0 Å². The summed E-state index contributed by atoms with van der Waals surface area (Å²) in [5, 5.41) is 8.17. The Hall–Kier alpha value is -1.58. The van der Waals surface area contributed by atoms with Crippen molar-refractivity contribution in [2.24, 2.45) is 4.99 Å². The van der Waals surface area contributed by atoms with E-state index in [4.69, 9.17) is 5.11 Å². The minimum atomic E-state index is -1.29. The molecule has 0 amide bonds. The molecule has 0 heterocycles. The zero-order valence-corrected chi connectivity index (χ0v) is 6.86. The smallest absolute Gasteiger partial charge is 0.450 e. The van der Waals surface area contributed by atoms with E-state index in [0.29, 0.717) is 5.57 Å². The Morgan fingerprint density at radius 1 is 1.75 bits per heavy atom. The predicted molar refractivity (Wildman–Crippen MR) is 46.4 cm³/mol. The van der Waals surface area contributed by atoms with Crippen LogP contribution in [-0.4, -0.2) is 24.1 Å². The van der Waals surface area contributed by atoms with Gasteiger partial charge in [0.2, 0.25) is 0 Å². The van der Waals surface area contributed by atoms with Crippen LogP contribution >= 0.6 is 0 Å². The summed E-state index contributed by atoms with van der Waals surface area (Å²) < 4.78 is 4.31. The Labute approximate surface area is 70.9 Å². The number of nitrogens with zero attached hydrogens (tertiary/aromatic N) is 1. The Bertz CT molecular complexity index is 218. The quantitative estimate of drug-likeness (QED) is 0.516.